The van der Waals surface area contributed by atoms with E-state index in [1.807, 2.05) is 6.92 Å². The minimum Gasteiger partial charge on any atom is -0.291 e. The van der Waals surface area contributed by atoms with Gasteiger partial charge in [-0.25, -0.2) is 4.68 Å². The second-order valence-corrected chi connectivity index (χ2v) is 5.95. The second kappa shape index (κ2) is 4.57. The number of hydrogen-bond donors (Lipinski definition) is 0. The van der Waals surface area contributed by atoms with Gasteiger partial charge in [0.25, 0.3) is 0 Å². The normalized spacial score (nSPS) is 24.9. The Morgan fingerprint density at radius 1 is 1.69 bits per heavy atom. The molecule has 0 N–H and O–H groups in total. The number of nitrogens with zero attached hydrogens (tertiary/aromatic N) is 3. The SMILES string of the molecule is CCCn1nncc1C(=O)C1(C)CCCS1. The van der Waals surface area contributed by atoms with E-state index in [4.69, 9.17) is 0 Å². The Kier molecular flexibility index (Phi) is 3.33. The molecule has 1 aromatic heterocycles. The van der Waals surface area contributed by atoms with E-state index in [1.165, 1.54) is 0 Å². The van der Waals surface area contributed by atoms with Gasteiger partial charge >= 0.3 is 0 Å². The molecule has 1 unspecified atom stereocenters. The first-order valence-corrected chi connectivity index (χ1v) is 6.73. The zero-order valence-electron chi connectivity index (χ0n) is 9.77. The molecule has 1 atom stereocenters. The number of carbonyl (C=O) groups is 1. The summed E-state index contributed by atoms with van der Waals surface area (Å²) in [4.78, 5) is 12.4. The topological polar surface area (TPSA) is 47.8 Å². The van der Waals surface area contributed by atoms with E-state index in [9.17, 15) is 4.79 Å². The van der Waals surface area contributed by atoms with Gasteiger partial charge < -0.3 is 0 Å². The van der Waals surface area contributed by atoms with Crippen molar-refractivity contribution in [3.8, 4) is 0 Å². The highest BCUT2D eigenvalue weighted by atomic mass is 32.2. The van der Waals surface area contributed by atoms with Crippen molar-refractivity contribution in [1.82, 2.24) is 15.0 Å². The van der Waals surface area contributed by atoms with E-state index >= 15 is 0 Å². The van der Waals surface area contributed by atoms with Crippen LogP contribution in [0.25, 0.3) is 0 Å². The molecule has 1 fully saturated rings. The Morgan fingerprint density at radius 2 is 2.50 bits per heavy atom. The van der Waals surface area contributed by atoms with Crippen molar-refractivity contribution >= 4 is 17.5 Å². The maximum Gasteiger partial charge on any atom is 0.198 e. The average molecular weight is 239 g/mol. The largest absolute Gasteiger partial charge is 0.291 e. The van der Waals surface area contributed by atoms with Crippen molar-refractivity contribution in [2.24, 2.45) is 0 Å². The van der Waals surface area contributed by atoms with Crippen LogP contribution in [0.4, 0.5) is 0 Å². The van der Waals surface area contributed by atoms with Crippen molar-refractivity contribution in [3.05, 3.63) is 11.9 Å². The molecule has 4 nitrogen and oxygen atoms in total. The third-order valence-corrected chi connectivity index (χ3v) is 4.50. The van der Waals surface area contributed by atoms with Gasteiger partial charge in [0.2, 0.25) is 0 Å². The molecule has 0 saturated carbocycles. The molecular weight excluding hydrogens is 222 g/mol. The number of carbonyl (C=O) groups excluding carboxylic acids is 1. The summed E-state index contributed by atoms with van der Waals surface area (Å²) in [5.74, 6) is 1.27. The standard InChI is InChI=1S/C11H17N3OS/c1-3-6-14-9(8-12-13-14)10(15)11(2)5-4-7-16-11/h8H,3-7H2,1-2H3. The van der Waals surface area contributed by atoms with Gasteiger partial charge in [0.05, 0.1) is 10.9 Å². The second-order valence-electron chi connectivity index (χ2n) is 4.35. The molecule has 5 heteroatoms. The van der Waals surface area contributed by atoms with Crippen LogP contribution in [0, 0.1) is 0 Å². The van der Waals surface area contributed by atoms with Crippen LogP contribution in [-0.2, 0) is 6.54 Å². The van der Waals surface area contributed by atoms with Crippen molar-refractivity contribution in [3.63, 3.8) is 0 Å². The Morgan fingerprint density at radius 3 is 3.12 bits per heavy atom. The first kappa shape index (κ1) is 11.6. The van der Waals surface area contributed by atoms with E-state index in [2.05, 4.69) is 17.2 Å². The van der Waals surface area contributed by atoms with Gasteiger partial charge in [-0.1, -0.05) is 12.1 Å². The predicted octanol–water partition coefficient (Wildman–Crippen LogP) is 2.16. The van der Waals surface area contributed by atoms with Gasteiger partial charge in [-0.15, -0.1) is 16.9 Å². The summed E-state index contributed by atoms with van der Waals surface area (Å²) in [6.45, 7) is 4.88. The summed E-state index contributed by atoms with van der Waals surface area (Å²) in [5.41, 5.74) is 0.666. The molecule has 1 saturated heterocycles. The van der Waals surface area contributed by atoms with E-state index in [-0.39, 0.29) is 10.5 Å². The Bertz CT molecular complexity index is 382. The fraction of sp³-hybridized carbons (Fsp3) is 0.727. The Hall–Kier alpha value is -0.840. The highest BCUT2D eigenvalue weighted by Crippen LogP contribution is 2.40. The first-order chi connectivity index (χ1) is 7.67. The van der Waals surface area contributed by atoms with Crippen LogP contribution in [0.5, 0.6) is 0 Å². The summed E-state index contributed by atoms with van der Waals surface area (Å²) >= 11 is 1.76. The number of ketones is 1. The number of thioether (sulfide) groups is 1. The lowest BCUT2D eigenvalue weighted by Crippen LogP contribution is -2.30. The molecule has 1 aromatic rings. The van der Waals surface area contributed by atoms with Crippen LogP contribution in [0.15, 0.2) is 6.20 Å². The van der Waals surface area contributed by atoms with Gasteiger partial charge in [-0.2, -0.15) is 0 Å². The van der Waals surface area contributed by atoms with Crippen LogP contribution >= 0.6 is 11.8 Å². The molecule has 0 aromatic carbocycles. The summed E-state index contributed by atoms with van der Waals surface area (Å²) in [6.07, 6.45) is 4.66. The van der Waals surface area contributed by atoms with Crippen LogP contribution < -0.4 is 0 Å². The van der Waals surface area contributed by atoms with Gasteiger partial charge in [0.15, 0.2) is 5.78 Å². The smallest absolute Gasteiger partial charge is 0.198 e. The van der Waals surface area contributed by atoms with Crippen LogP contribution in [0.3, 0.4) is 0 Å². The van der Waals surface area contributed by atoms with E-state index in [0.717, 1.165) is 31.6 Å². The molecule has 1 aliphatic rings. The van der Waals surface area contributed by atoms with E-state index in [0.29, 0.717) is 5.69 Å². The molecule has 1 aliphatic heterocycles. The van der Waals surface area contributed by atoms with Gasteiger partial charge in [-0.3, -0.25) is 4.79 Å². The monoisotopic (exact) mass is 239 g/mol. The molecule has 16 heavy (non-hydrogen) atoms. The quantitative estimate of drug-likeness (QED) is 0.755. The van der Waals surface area contributed by atoms with Gasteiger partial charge in [-0.05, 0) is 31.9 Å². The fourth-order valence-electron chi connectivity index (χ4n) is 2.04. The number of hydrogen-bond acceptors (Lipinski definition) is 4. The molecule has 2 rings (SSSR count). The molecule has 0 bridgehead atoms. The molecule has 0 spiro atoms. The van der Waals surface area contributed by atoms with Crippen molar-refractivity contribution in [2.45, 2.75) is 44.4 Å². The number of rotatable bonds is 4. The lowest BCUT2D eigenvalue weighted by atomic mass is 9.98. The zero-order chi connectivity index (χ0) is 11.6. The highest BCUT2D eigenvalue weighted by Gasteiger charge is 2.39. The third-order valence-electron chi connectivity index (χ3n) is 2.98. The van der Waals surface area contributed by atoms with Crippen LogP contribution in [0.1, 0.15) is 43.6 Å². The number of aryl methyl sites for hydroxylation is 1. The van der Waals surface area contributed by atoms with Gasteiger partial charge in [0, 0.05) is 6.54 Å². The summed E-state index contributed by atoms with van der Waals surface area (Å²) < 4.78 is 1.47. The predicted molar refractivity (Wildman–Crippen MR) is 64.7 cm³/mol. The number of Topliss-reactive ketones (excluding diaryl/α,β-unsaturated/α-hetero) is 1. The Labute approximate surface area is 99.8 Å². The van der Waals surface area contributed by atoms with Crippen molar-refractivity contribution in [1.29, 1.82) is 0 Å². The Balaban J connectivity index is 2.23. The van der Waals surface area contributed by atoms with Crippen molar-refractivity contribution in [2.75, 3.05) is 5.75 Å². The minimum absolute atomic E-state index is 0.188. The first-order valence-electron chi connectivity index (χ1n) is 5.74. The highest BCUT2D eigenvalue weighted by molar-refractivity contribution is 8.01. The summed E-state index contributed by atoms with van der Waals surface area (Å²) in [5, 5.41) is 7.81. The lowest BCUT2D eigenvalue weighted by molar-refractivity contribution is 0.0938. The van der Waals surface area contributed by atoms with Crippen LogP contribution in [-0.4, -0.2) is 31.3 Å². The fourth-order valence-corrected chi connectivity index (χ4v) is 3.30. The maximum atomic E-state index is 12.4. The van der Waals surface area contributed by atoms with Crippen LogP contribution in [0.2, 0.25) is 0 Å². The number of aromatic nitrogens is 3. The molecule has 88 valence electrons. The molecular formula is C11H17N3OS. The van der Waals surface area contributed by atoms with E-state index < -0.39 is 0 Å². The molecule has 0 aliphatic carbocycles. The zero-order valence-corrected chi connectivity index (χ0v) is 10.6. The minimum atomic E-state index is -0.257. The van der Waals surface area contributed by atoms with Gasteiger partial charge in [0.1, 0.15) is 5.69 Å². The molecule has 0 radical (unpaired) electrons. The van der Waals surface area contributed by atoms with E-state index in [1.54, 1.807) is 22.6 Å². The third kappa shape index (κ3) is 2.00. The average Bonchev–Trinajstić information content (AvgIpc) is 2.88. The maximum absolute atomic E-state index is 12.4. The molecule has 2 heterocycles. The molecule has 0 amide bonds. The lowest BCUT2D eigenvalue weighted by Gasteiger charge is -2.20. The van der Waals surface area contributed by atoms with Crippen molar-refractivity contribution < 1.29 is 4.79 Å². The summed E-state index contributed by atoms with van der Waals surface area (Å²) in [6, 6.07) is 0. The summed E-state index contributed by atoms with van der Waals surface area (Å²) in [7, 11) is 0.